The van der Waals surface area contributed by atoms with Crippen LogP contribution < -0.4 is 4.74 Å². The first kappa shape index (κ1) is 16.0. The number of benzene rings is 1. The van der Waals surface area contributed by atoms with Crippen LogP contribution in [0.1, 0.15) is 30.8 Å². The molecule has 1 aromatic heterocycles. The summed E-state index contributed by atoms with van der Waals surface area (Å²) in [5.74, 6) is 0.840. The lowest BCUT2D eigenvalue weighted by Gasteiger charge is -2.09. The average Bonchev–Trinajstić information content (AvgIpc) is 2.84. The Hall–Kier alpha value is -1.33. The van der Waals surface area contributed by atoms with Crippen molar-refractivity contribution < 1.29 is 9.84 Å². The molecule has 4 nitrogen and oxygen atoms in total. The highest BCUT2D eigenvalue weighted by Crippen LogP contribution is 2.19. The van der Waals surface area contributed by atoms with Crippen LogP contribution in [0.2, 0.25) is 0 Å². The molecule has 0 bridgehead atoms. The number of rotatable bonds is 7. The molecular weight excluding hydrogens is 332 g/mol. The SMILES string of the molecule is CCc1nn(CCOc2cccc(Br)c2)c(CC)c1CO. The molecule has 2 aromatic rings. The van der Waals surface area contributed by atoms with Gasteiger partial charge in [0.05, 0.1) is 18.8 Å². The van der Waals surface area contributed by atoms with Crippen LogP contribution in [0.3, 0.4) is 0 Å². The van der Waals surface area contributed by atoms with Gasteiger partial charge in [0.2, 0.25) is 0 Å². The van der Waals surface area contributed by atoms with Crippen molar-refractivity contribution in [1.29, 1.82) is 0 Å². The van der Waals surface area contributed by atoms with Crippen molar-refractivity contribution in [2.24, 2.45) is 0 Å². The molecular formula is C16H21BrN2O2. The second kappa shape index (κ2) is 7.61. The Kier molecular flexibility index (Phi) is 5.82. The van der Waals surface area contributed by atoms with E-state index in [4.69, 9.17) is 4.74 Å². The van der Waals surface area contributed by atoms with Gasteiger partial charge < -0.3 is 9.84 Å². The largest absolute Gasteiger partial charge is 0.492 e. The predicted octanol–water partition coefficient (Wildman–Crippen LogP) is 3.34. The van der Waals surface area contributed by atoms with Gasteiger partial charge in [0.15, 0.2) is 0 Å². The fourth-order valence-electron chi connectivity index (χ4n) is 2.44. The van der Waals surface area contributed by atoms with Crippen LogP contribution >= 0.6 is 15.9 Å². The molecule has 0 amide bonds. The third-order valence-corrected chi connectivity index (χ3v) is 3.94. The molecule has 0 saturated heterocycles. The first-order chi connectivity index (χ1) is 10.2. The van der Waals surface area contributed by atoms with Crippen LogP contribution in [0.4, 0.5) is 0 Å². The number of aliphatic hydroxyl groups excluding tert-OH is 1. The minimum Gasteiger partial charge on any atom is -0.492 e. The minimum absolute atomic E-state index is 0.0544. The molecule has 0 aliphatic rings. The normalized spacial score (nSPS) is 10.9. The lowest BCUT2D eigenvalue weighted by atomic mass is 10.1. The van der Waals surface area contributed by atoms with E-state index < -0.39 is 0 Å². The van der Waals surface area contributed by atoms with Crippen molar-refractivity contribution in [3.05, 3.63) is 45.7 Å². The van der Waals surface area contributed by atoms with Gasteiger partial charge in [-0.3, -0.25) is 4.68 Å². The Morgan fingerprint density at radius 2 is 2.10 bits per heavy atom. The van der Waals surface area contributed by atoms with Gasteiger partial charge in [-0.15, -0.1) is 0 Å². The Labute approximate surface area is 133 Å². The van der Waals surface area contributed by atoms with Crippen LogP contribution in [0.15, 0.2) is 28.7 Å². The molecule has 0 spiro atoms. The summed E-state index contributed by atoms with van der Waals surface area (Å²) in [5, 5.41) is 14.1. The van der Waals surface area contributed by atoms with Crippen LogP contribution in [0.25, 0.3) is 0 Å². The average molecular weight is 353 g/mol. The smallest absolute Gasteiger partial charge is 0.120 e. The third kappa shape index (κ3) is 3.86. The van der Waals surface area contributed by atoms with E-state index in [1.807, 2.05) is 28.9 Å². The van der Waals surface area contributed by atoms with E-state index >= 15 is 0 Å². The highest BCUT2D eigenvalue weighted by molar-refractivity contribution is 9.10. The molecule has 1 heterocycles. The zero-order valence-electron chi connectivity index (χ0n) is 12.5. The van der Waals surface area contributed by atoms with Crippen molar-refractivity contribution in [2.75, 3.05) is 6.61 Å². The zero-order chi connectivity index (χ0) is 15.2. The number of halogens is 1. The van der Waals surface area contributed by atoms with Crippen molar-refractivity contribution in [1.82, 2.24) is 9.78 Å². The monoisotopic (exact) mass is 352 g/mol. The molecule has 114 valence electrons. The zero-order valence-corrected chi connectivity index (χ0v) is 14.1. The number of hydrogen-bond donors (Lipinski definition) is 1. The second-order valence-electron chi connectivity index (χ2n) is 4.77. The lowest BCUT2D eigenvalue weighted by molar-refractivity contribution is 0.277. The van der Waals surface area contributed by atoms with Crippen molar-refractivity contribution in [3.8, 4) is 5.75 Å². The summed E-state index contributed by atoms with van der Waals surface area (Å²) in [6.07, 6.45) is 1.70. The summed E-state index contributed by atoms with van der Waals surface area (Å²) in [4.78, 5) is 0. The van der Waals surface area contributed by atoms with Gasteiger partial charge in [-0.05, 0) is 31.0 Å². The van der Waals surface area contributed by atoms with Gasteiger partial charge in [0, 0.05) is 15.7 Å². The standard InChI is InChI=1S/C16H21BrN2O2/c1-3-15-14(11-20)16(4-2)19(18-15)8-9-21-13-7-5-6-12(17)10-13/h5-7,10,20H,3-4,8-9,11H2,1-2H3. The summed E-state index contributed by atoms with van der Waals surface area (Å²) in [5.41, 5.74) is 3.06. The molecule has 1 N–H and O–H groups in total. The number of ether oxygens (including phenoxy) is 1. The van der Waals surface area contributed by atoms with Crippen LogP contribution in [-0.2, 0) is 26.0 Å². The maximum absolute atomic E-state index is 9.52. The topological polar surface area (TPSA) is 47.3 Å². The summed E-state index contributed by atoms with van der Waals surface area (Å²) in [6, 6.07) is 7.80. The van der Waals surface area contributed by atoms with E-state index in [0.717, 1.165) is 40.0 Å². The molecule has 0 radical (unpaired) electrons. The van der Waals surface area contributed by atoms with Gasteiger partial charge in [-0.1, -0.05) is 35.8 Å². The number of aromatic nitrogens is 2. The van der Waals surface area contributed by atoms with Crippen molar-refractivity contribution in [3.63, 3.8) is 0 Å². The summed E-state index contributed by atoms with van der Waals surface area (Å²) >= 11 is 3.43. The van der Waals surface area contributed by atoms with Gasteiger partial charge in [0.1, 0.15) is 12.4 Å². The number of hydrogen-bond acceptors (Lipinski definition) is 3. The Bertz CT molecular complexity index is 596. The van der Waals surface area contributed by atoms with E-state index in [-0.39, 0.29) is 6.61 Å². The van der Waals surface area contributed by atoms with Gasteiger partial charge in [0.25, 0.3) is 0 Å². The van der Waals surface area contributed by atoms with Crippen molar-refractivity contribution in [2.45, 2.75) is 39.8 Å². The predicted molar refractivity (Wildman–Crippen MR) is 86.5 cm³/mol. The Morgan fingerprint density at radius 3 is 2.71 bits per heavy atom. The maximum atomic E-state index is 9.52. The van der Waals surface area contributed by atoms with Crippen LogP contribution in [0, 0.1) is 0 Å². The molecule has 0 aliphatic heterocycles. The summed E-state index contributed by atoms with van der Waals surface area (Å²) in [6.45, 7) is 5.44. The quantitative estimate of drug-likeness (QED) is 0.831. The second-order valence-corrected chi connectivity index (χ2v) is 5.68. The molecule has 5 heteroatoms. The first-order valence-corrected chi connectivity index (χ1v) is 8.05. The molecule has 0 atom stereocenters. The van der Waals surface area contributed by atoms with E-state index in [1.54, 1.807) is 0 Å². The number of aryl methyl sites for hydroxylation is 1. The molecule has 0 fully saturated rings. The van der Waals surface area contributed by atoms with Gasteiger partial charge >= 0.3 is 0 Å². The molecule has 0 unspecified atom stereocenters. The van der Waals surface area contributed by atoms with Crippen LogP contribution in [0.5, 0.6) is 5.75 Å². The van der Waals surface area contributed by atoms with Crippen LogP contribution in [-0.4, -0.2) is 21.5 Å². The van der Waals surface area contributed by atoms with Crippen molar-refractivity contribution >= 4 is 15.9 Å². The third-order valence-electron chi connectivity index (χ3n) is 3.45. The van der Waals surface area contributed by atoms with Gasteiger partial charge in [-0.25, -0.2) is 0 Å². The summed E-state index contributed by atoms with van der Waals surface area (Å²) in [7, 11) is 0. The molecule has 1 aromatic carbocycles. The summed E-state index contributed by atoms with van der Waals surface area (Å²) < 4.78 is 8.72. The fourth-order valence-corrected chi connectivity index (χ4v) is 2.82. The molecule has 0 aliphatic carbocycles. The molecule has 21 heavy (non-hydrogen) atoms. The number of aliphatic hydroxyl groups is 1. The molecule has 2 rings (SSSR count). The fraction of sp³-hybridized carbons (Fsp3) is 0.438. The number of nitrogens with zero attached hydrogens (tertiary/aromatic N) is 2. The van der Waals surface area contributed by atoms with E-state index in [0.29, 0.717) is 13.2 Å². The van der Waals surface area contributed by atoms with E-state index in [1.165, 1.54) is 0 Å². The lowest BCUT2D eigenvalue weighted by Crippen LogP contribution is -2.12. The highest BCUT2D eigenvalue weighted by Gasteiger charge is 2.14. The van der Waals surface area contributed by atoms with Gasteiger partial charge in [-0.2, -0.15) is 5.10 Å². The Balaban J connectivity index is 2.04. The molecule has 0 saturated carbocycles. The minimum atomic E-state index is 0.0544. The van der Waals surface area contributed by atoms with E-state index in [9.17, 15) is 5.11 Å². The Morgan fingerprint density at radius 1 is 1.29 bits per heavy atom. The first-order valence-electron chi connectivity index (χ1n) is 7.26. The maximum Gasteiger partial charge on any atom is 0.120 e. The van der Waals surface area contributed by atoms with E-state index in [2.05, 4.69) is 34.9 Å². The highest BCUT2D eigenvalue weighted by atomic mass is 79.9.